The second kappa shape index (κ2) is 11.1. The summed E-state index contributed by atoms with van der Waals surface area (Å²) in [5, 5.41) is 5.17. The number of morpholine rings is 1. The van der Waals surface area contributed by atoms with Crippen LogP contribution in [0, 0.1) is 0 Å². The molecule has 2 aromatic carbocycles. The third-order valence-corrected chi connectivity index (χ3v) is 5.04. The average molecular weight is 455 g/mol. The van der Waals surface area contributed by atoms with Gasteiger partial charge in [0.2, 0.25) is 0 Å². The molecule has 3 amide bonds. The second-order valence-corrected chi connectivity index (χ2v) is 7.21. The minimum Gasteiger partial charge on any atom is -0.467 e. The maximum atomic E-state index is 12.7. The molecule has 1 fully saturated rings. The van der Waals surface area contributed by atoms with Gasteiger partial charge in [0.25, 0.3) is 11.8 Å². The number of nitrogens with one attached hydrogen (secondary N) is 2. The molecule has 2 N–H and O–H groups in total. The van der Waals surface area contributed by atoms with Crippen LogP contribution in [0.15, 0.2) is 48.5 Å². The zero-order valence-corrected chi connectivity index (χ0v) is 18.3. The minimum atomic E-state index is -0.911. The van der Waals surface area contributed by atoms with Gasteiger partial charge in [-0.1, -0.05) is 12.1 Å². The standard InChI is InChI=1S/C23H25N3O7/c1-31-22(29)19(25-21(28)16-5-7-17(8-6-16)24-23(30)32-2)13-15-3-9-18(10-4-15)26-11-12-33-14-20(26)27/h3-10,19H,11-14H2,1-2H3,(H,24,30)(H,25,28)/t19-/m0/s1. The quantitative estimate of drug-likeness (QED) is 0.610. The van der Waals surface area contributed by atoms with Gasteiger partial charge in [-0.05, 0) is 42.0 Å². The van der Waals surface area contributed by atoms with Crippen molar-refractivity contribution in [3.05, 3.63) is 59.7 Å². The number of hydrogen-bond acceptors (Lipinski definition) is 7. The molecule has 10 nitrogen and oxygen atoms in total. The molecule has 174 valence electrons. The van der Waals surface area contributed by atoms with Crippen molar-refractivity contribution >= 4 is 35.3 Å². The Kier molecular flexibility index (Phi) is 7.98. The van der Waals surface area contributed by atoms with Crippen LogP contribution in [0.1, 0.15) is 15.9 Å². The van der Waals surface area contributed by atoms with Crippen LogP contribution in [0.3, 0.4) is 0 Å². The molecule has 1 heterocycles. The van der Waals surface area contributed by atoms with Gasteiger partial charge in [0.1, 0.15) is 12.6 Å². The fourth-order valence-corrected chi connectivity index (χ4v) is 3.29. The molecule has 0 radical (unpaired) electrons. The predicted molar refractivity (Wildman–Crippen MR) is 119 cm³/mol. The summed E-state index contributed by atoms with van der Waals surface area (Å²) >= 11 is 0. The Morgan fingerprint density at radius 2 is 1.73 bits per heavy atom. The van der Waals surface area contributed by atoms with Gasteiger partial charge in [0.15, 0.2) is 0 Å². The number of carbonyl (C=O) groups is 4. The SMILES string of the molecule is COC(=O)Nc1ccc(C(=O)N[C@@H](Cc2ccc(N3CCOCC3=O)cc2)C(=O)OC)cc1. The van der Waals surface area contributed by atoms with Crippen molar-refractivity contribution in [1.29, 1.82) is 0 Å². The molecule has 0 bridgehead atoms. The Bertz CT molecular complexity index is 1010. The van der Waals surface area contributed by atoms with Gasteiger partial charge >= 0.3 is 12.1 Å². The molecule has 1 aliphatic rings. The van der Waals surface area contributed by atoms with Crippen molar-refractivity contribution in [1.82, 2.24) is 5.32 Å². The highest BCUT2D eigenvalue weighted by Gasteiger charge is 2.24. The Hall–Kier alpha value is -3.92. The highest BCUT2D eigenvalue weighted by atomic mass is 16.5. The summed E-state index contributed by atoms with van der Waals surface area (Å²) in [7, 11) is 2.50. The lowest BCUT2D eigenvalue weighted by Crippen LogP contribution is -2.43. The highest BCUT2D eigenvalue weighted by molar-refractivity contribution is 5.97. The molecular weight excluding hydrogens is 430 g/mol. The molecular formula is C23H25N3O7. The van der Waals surface area contributed by atoms with Gasteiger partial charge < -0.3 is 24.4 Å². The van der Waals surface area contributed by atoms with Crippen molar-refractivity contribution in [3.8, 4) is 0 Å². The third kappa shape index (κ3) is 6.30. The van der Waals surface area contributed by atoms with Crippen molar-refractivity contribution in [3.63, 3.8) is 0 Å². The number of hydrogen-bond donors (Lipinski definition) is 2. The van der Waals surface area contributed by atoms with E-state index in [0.717, 1.165) is 11.3 Å². The number of nitrogens with zero attached hydrogens (tertiary/aromatic N) is 1. The first-order chi connectivity index (χ1) is 15.9. The van der Waals surface area contributed by atoms with Crippen LogP contribution in [0.2, 0.25) is 0 Å². The van der Waals surface area contributed by atoms with Crippen molar-refractivity contribution in [2.24, 2.45) is 0 Å². The van der Waals surface area contributed by atoms with E-state index in [1.165, 1.54) is 26.4 Å². The molecule has 1 saturated heterocycles. The van der Waals surface area contributed by atoms with Gasteiger partial charge in [-0.25, -0.2) is 9.59 Å². The average Bonchev–Trinajstić information content (AvgIpc) is 2.84. The monoisotopic (exact) mass is 455 g/mol. The highest BCUT2D eigenvalue weighted by Crippen LogP contribution is 2.18. The van der Waals surface area contributed by atoms with Crippen molar-refractivity contribution in [2.45, 2.75) is 12.5 Å². The van der Waals surface area contributed by atoms with E-state index >= 15 is 0 Å². The number of carbonyl (C=O) groups excluding carboxylic acids is 4. The normalized spacial score (nSPS) is 14.2. The summed E-state index contributed by atoms with van der Waals surface area (Å²) in [6.07, 6.45) is -0.417. The summed E-state index contributed by atoms with van der Waals surface area (Å²) < 4.78 is 14.5. The van der Waals surface area contributed by atoms with Gasteiger partial charge in [0, 0.05) is 29.9 Å². The van der Waals surface area contributed by atoms with Crippen LogP contribution in [-0.4, -0.2) is 63.9 Å². The fraction of sp³-hybridized carbons (Fsp3) is 0.304. The fourth-order valence-electron chi connectivity index (χ4n) is 3.29. The summed E-state index contributed by atoms with van der Waals surface area (Å²) in [6.45, 7) is 1.01. The first kappa shape index (κ1) is 23.7. The van der Waals surface area contributed by atoms with E-state index in [-0.39, 0.29) is 18.9 Å². The molecule has 0 unspecified atom stereocenters. The molecule has 0 aromatic heterocycles. The van der Waals surface area contributed by atoms with E-state index in [0.29, 0.717) is 24.4 Å². The molecule has 3 rings (SSSR count). The molecule has 10 heteroatoms. The van der Waals surface area contributed by atoms with E-state index in [1.807, 2.05) is 0 Å². The third-order valence-electron chi connectivity index (χ3n) is 5.04. The minimum absolute atomic E-state index is 0.0535. The van der Waals surface area contributed by atoms with Crippen LogP contribution >= 0.6 is 0 Å². The van der Waals surface area contributed by atoms with E-state index in [2.05, 4.69) is 15.4 Å². The smallest absolute Gasteiger partial charge is 0.411 e. The summed E-state index contributed by atoms with van der Waals surface area (Å²) in [6, 6.07) is 12.4. The topological polar surface area (TPSA) is 123 Å². The Morgan fingerprint density at radius 3 is 2.33 bits per heavy atom. The van der Waals surface area contributed by atoms with E-state index < -0.39 is 24.0 Å². The van der Waals surface area contributed by atoms with E-state index in [4.69, 9.17) is 9.47 Å². The predicted octanol–water partition coefficient (Wildman–Crippen LogP) is 1.74. The molecule has 0 aliphatic carbocycles. The Morgan fingerprint density at radius 1 is 1.03 bits per heavy atom. The van der Waals surface area contributed by atoms with Crippen LogP contribution in [0.4, 0.5) is 16.2 Å². The lowest BCUT2D eigenvalue weighted by molar-refractivity contribution is -0.142. The molecule has 2 aromatic rings. The number of esters is 1. The lowest BCUT2D eigenvalue weighted by Gasteiger charge is -2.27. The molecule has 0 saturated carbocycles. The zero-order chi connectivity index (χ0) is 23.8. The van der Waals surface area contributed by atoms with Gasteiger partial charge in [0.05, 0.1) is 20.8 Å². The van der Waals surface area contributed by atoms with Crippen molar-refractivity contribution < 1.29 is 33.4 Å². The second-order valence-electron chi connectivity index (χ2n) is 7.21. The first-order valence-electron chi connectivity index (χ1n) is 10.2. The number of amides is 3. The van der Waals surface area contributed by atoms with Gasteiger partial charge in [-0.15, -0.1) is 0 Å². The van der Waals surface area contributed by atoms with Gasteiger partial charge in [-0.3, -0.25) is 14.9 Å². The molecule has 1 atom stereocenters. The number of rotatable bonds is 7. The molecule has 1 aliphatic heterocycles. The van der Waals surface area contributed by atoms with Crippen LogP contribution in [-0.2, 0) is 30.2 Å². The Labute approximate surface area is 190 Å². The van der Waals surface area contributed by atoms with Crippen LogP contribution < -0.4 is 15.5 Å². The number of benzene rings is 2. The summed E-state index contributed by atoms with van der Waals surface area (Å²) in [5.41, 5.74) is 2.29. The van der Waals surface area contributed by atoms with Crippen molar-refractivity contribution in [2.75, 3.05) is 44.2 Å². The lowest BCUT2D eigenvalue weighted by atomic mass is 10.0. The first-order valence-corrected chi connectivity index (χ1v) is 10.2. The van der Waals surface area contributed by atoms with E-state index in [1.54, 1.807) is 41.3 Å². The van der Waals surface area contributed by atoms with Crippen LogP contribution in [0.5, 0.6) is 0 Å². The zero-order valence-electron chi connectivity index (χ0n) is 18.3. The number of ether oxygens (including phenoxy) is 3. The number of methoxy groups -OCH3 is 2. The Balaban J connectivity index is 1.66. The largest absolute Gasteiger partial charge is 0.467 e. The van der Waals surface area contributed by atoms with E-state index in [9.17, 15) is 19.2 Å². The summed E-state index contributed by atoms with van der Waals surface area (Å²) in [4.78, 5) is 49.9. The maximum absolute atomic E-state index is 12.7. The molecule has 33 heavy (non-hydrogen) atoms. The maximum Gasteiger partial charge on any atom is 0.411 e. The molecule has 0 spiro atoms. The van der Waals surface area contributed by atoms with Crippen LogP contribution in [0.25, 0.3) is 0 Å². The number of anilines is 2. The summed E-state index contributed by atoms with van der Waals surface area (Å²) in [5.74, 6) is -1.16. The van der Waals surface area contributed by atoms with Gasteiger partial charge in [-0.2, -0.15) is 0 Å².